The van der Waals surface area contributed by atoms with E-state index in [1.165, 1.54) is 0 Å². The molecule has 1 heterocycles. The summed E-state index contributed by atoms with van der Waals surface area (Å²) < 4.78 is 10.2. The maximum Gasteiger partial charge on any atom is 0.173 e. The first-order chi connectivity index (χ1) is 8.06. The fourth-order valence-corrected chi connectivity index (χ4v) is 1.39. The fourth-order valence-electron chi connectivity index (χ4n) is 1.39. The summed E-state index contributed by atoms with van der Waals surface area (Å²) in [6.07, 6.45) is -0.271. The standard InChI is InChI=1S/C12H21N3O2/c1-8(2)12-14-9(3)6-10(15-12)13-7-11(16-4)17-5/h6,8,11H,7H2,1-5H3,(H,13,14,15). The van der Waals surface area contributed by atoms with Gasteiger partial charge >= 0.3 is 0 Å². The molecule has 1 aromatic rings. The van der Waals surface area contributed by atoms with Gasteiger partial charge in [0.15, 0.2) is 6.29 Å². The fraction of sp³-hybridized carbons (Fsp3) is 0.667. The molecule has 0 unspecified atom stereocenters. The minimum atomic E-state index is -0.271. The van der Waals surface area contributed by atoms with Crippen LogP contribution in [0, 0.1) is 6.92 Å². The first-order valence-electron chi connectivity index (χ1n) is 5.71. The highest BCUT2D eigenvalue weighted by atomic mass is 16.7. The highest BCUT2D eigenvalue weighted by Crippen LogP contribution is 2.13. The Hall–Kier alpha value is -1.20. The number of nitrogens with zero attached hydrogens (tertiary/aromatic N) is 2. The predicted molar refractivity (Wildman–Crippen MR) is 67.2 cm³/mol. The molecule has 0 bridgehead atoms. The average molecular weight is 239 g/mol. The summed E-state index contributed by atoms with van der Waals surface area (Å²) >= 11 is 0. The van der Waals surface area contributed by atoms with E-state index in [2.05, 4.69) is 29.1 Å². The second kappa shape index (κ2) is 6.51. The van der Waals surface area contributed by atoms with E-state index in [1.54, 1.807) is 14.2 Å². The lowest BCUT2D eigenvalue weighted by atomic mass is 10.2. The number of hydrogen-bond donors (Lipinski definition) is 1. The normalized spacial score (nSPS) is 11.2. The number of methoxy groups -OCH3 is 2. The zero-order valence-corrected chi connectivity index (χ0v) is 11.2. The Morgan fingerprint density at radius 3 is 2.41 bits per heavy atom. The van der Waals surface area contributed by atoms with Crippen LogP contribution in [0.15, 0.2) is 6.07 Å². The SMILES string of the molecule is COC(CNc1cc(C)nc(C(C)C)n1)OC. The summed E-state index contributed by atoms with van der Waals surface area (Å²) in [4.78, 5) is 8.83. The average Bonchev–Trinajstić information content (AvgIpc) is 2.29. The molecule has 0 amide bonds. The van der Waals surface area contributed by atoms with Crippen molar-refractivity contribution in [3.8, 4) is 0 Å². The third-order valence-electron chi connectivity index (χ3n) is 2.36. The van der Waals surface area contributed by atoms with Crippen molar-refractivity contribution >= 4 is 5.82 Å². The molecule has 1 rings (SSSR count). The molecule has 0 atom stereocenters. The molecule has 0 aliphatic rings. The zero-order chi connectivity index (χ0) is 12.8. The lowest BCUT2D eigenvalue weighted by Gasteiger charge is -2.15. The molecule has 0 fully saturated rings. The third-order valence-corrected chi connectivity index (χ3v) is 2.36. The second-order valence-corrected chi connectivity index (χ2v) is 4.19. The number of anilines is 1. The van der Waals surface area contributed by atoms with Crippen molar-refractivity contribution in [1.29, 1.82) is 0 Å². The minimum Gasteiger partial charge on any atom is -0.365 e. The van der Waals surface area contributed by atoms with Crippen LogP contribution in [0.4, 0.5) is 5.82 Å². The van der Waals surface area contributed by atoms with Gasteiger partial charge in [-0.05, 0) is 6.92 Å². The number of ether oxygens (including phenoxy) is 2. The van der Waals surface area contributed by atoms with Crippen LogP contribution in [0.5, 0.6) is 0 Å². The molecule has 96 valence electrons. The molecule has 5 nitrogen and oxygen atoms in total. The monoisotopic (exact) mass is 239 g/mol. The summed E-state index contributed by atoms with van der Waals surface area (Å²) in [5.74, 6) is 1.97. The molecule has 0 radical (unpaired) electrons. The first-order valence-corrected chi connectivity index (χ1v) is 5.71. The van der Waals surface area contributed by atoms with Crippen LogP contribution >= 0.6 is 0 Å². The van der Waals surface area contributed by atoms with Gasteiger partial charge in [0.05, 0.1) is 6.54 Å². The molecule has 0 aliphatic heterocycles. The van der Waals surface area contributed by atoms with E-state index >= 15 is 0 Å². The Bertz CT molecular complexity index is 352. The van der Waals surface area contributed by atoms with E-state index in [-0.39, 0.29) is 6.29 Å². The number of nitrogens with one attached hydrogen (secondary N) is 1. The Labute approximate surface area is 103 Å². The van der Waals surface area contributed by atoms with Crippen molar-refractivity contribution in [2.45, 2.75) is 33.0 Å². The Balaban J connectivity index is 2.70. The van der Waals surface area contributed by atoms with Crippen LogP contribution in [0.25, 0.3) is 0 Å². The Morgan fingerprint density at radius 1 is 1.24 bits per heavy atom. The number of aromatic nitrogens is 2. The van der Waals surface area contributed by atoms with E-state index in [1.807, 2.05) is 13.0 Å². The molecule has 0 saturated carbocycles. The van der Waals surface area contributed by atoms with Crippen LogP contribution in [0.2, 0.25) is 0 Å². The summed E-state index contributed by atoms with van der Waals surface area (Å²) in [5, 5.41) is 3.18. The molecule has 1 aromatic heterocycles. The van der Waals surface area contributed by atoms with Gasteiger partial charge < -0.3 is 14.8 Å². The van der Waals surface area contributed by atoms with Crippen molar-refractivity contribution in [3.63, 3.8) is 0 Å². The number of aryl methyl sites for hydroxylation is 1. The van der Waals surface area contributed by atoms with E-state index in [9.17, 15) is 0 Å². The van der Waals surface area contributed by atoms with Crippen LogP contribution in [-0.4, -0.2) is 37.0 Å². The quantitative estimate of drug-likeness (QED) is 0.769. The molecular weight excluding hydrogens is 218 g/mol. The minimum absolute atomic E-state index is 0.271. The predicted octanol–water partition coefficient (Wildman–Crippen LogP) is 1.94. The van der Waals surface area contributed by atoms with Crippen LogP contribution in [0.1, 0.15) is 31.3 Å². The van der Waals surface area contributed by atoms with E-state index in [0.717, 1.165) is 17.3 Å². The second-order valence-electron chi connectivity index (χ2n) is 4.19. The van der Waals surface area contributed by atoms with Gasteiger partial charge in [-0.15, -0.1) is 0 Å². The van der Waals surface area contributed by atoms with Gasteiger partial charge in [-0.3, -0.25) is 0 Å². The van der Waals surface area contributed by atoms with E-state index in [0.29, 0.717) is 12.5 Å². The van der Waals surface area contributed by atoms with Crippen molar-refractivity contribution in [3.05, 3.63) is 17.6 Å². The Morgan fingerprint density at radius 2 is 1.88 bits per heavy atom. The highest BCUT2D eigenvalue weighted by molar-refractivity contribution is 5.36. The smallest absolute Gasteiger partial charge is 0.173 e. The lowest BCUT2D eigenvalue weighted by Crippen LogP contribution is -2.24. The largest absolute Gasteiger partial charge is 0.365 e. The molecule has 1 N–H and O–H groups in total. The highest BCUT2D eigenvalue weighted by Gasteiger charge is 2.08. The van der Waals surface area contributed by atoms with Crippen molar-refractivity contribution in [2.75, 3.05) is 26.1 Å². The topological polar surface area (TPSA) is 56.3 Å². The van der Waals surface area contributed by atoms with Gasteiger partial charge in [0, 0.05) is 31.9 Å². The molecule has 5 heteroatoms. The van der Waals surface area contributed by atoms with E-state index < -0.39 is 0 Å². The van der Waals surface area contributed by atoms with Crippen LogP contribution in [0.3, 0.4) is 0 Å². The zero-order valence-electron chi connectivity index (χ0n) is 11.2. The number of rotatable bonds is 6. The van der Waals surface area contributed by atoms with E-state index in [4.69, 9.17) is 9.47 Å². The molecule has 0 aliphatic carbocycles. The maximum absolute atomic E-state index is 5.10. The summed E-state index contributed by atoms with van der Waals surface area (Å²) in [7, 11) is 3.22. The Kier molecular flexibility index (Phi) is 5.31. The van der Waals surface area contributed by atoms with Crippen LogP contribution in [-0.2, 0) is 9.47 Å². The first kappa shape index (κ1) is 13.9. The summed E-state index contributed by atoms with van der Waals surface area (Å²) in [5.41, 5.74) is 0.956. The maximum atomic E-state index is 5.10. The van der Waals surface area contributed by atoms with Gasteiger partial charge in [0.1, 0.15) is 11.6 Å². The van der Waals surface area contributed by atoms with Gasteiger partial charge in [-0.2, -0.15) is 0 Å². The molecule has 0 saturated heterocycles. The van der Waals surface area contributed by atoms with Crippen molar-refractivity contribution in [1.82, 2.24) is 9.97 Å². The summed E-state index contributed by atoms with van der Waals surface area (Å²) in [6, 6.07) is 1.91. The molecule has 0 spiro atoms. The van der Waals surface area contributed by atoms with Gasteiger partial charge in [-0.1, -0.05) is 13.8 Å². The van der Waals surface area contributed by atoms with Gasteiger partial charge in [0.2, 0.25) is 0 Å². The summed E-state index contributed by atoms with van der Waals surface area (Å²) in [6.45, 7) is 6.67. The van der Waals surface area contributed by atoms with Crippen molar-refractivity contribution in [2.24, 2.45) is 0 Å². The van der Waals surface area contributed by atoms with Gasteiger partial charge in [-0.25, -0.2) is 9.97 Å². The lowest BCUT2D eigenvalue weighted by molar-refractivity contribution is -0.0914. The number of hydrogen-bond acceptors (Lipinski definition) is 5. The molecule has 0 aromatic carbocycles. The molecule has 17 heavy (non-hydrogen) atoms. The van der Waals surface area contributed by atoms with Crippen molar-refractivity contribution < 1.29 is 9.47 Å². The molecular formula is C12H21N3O2. The van der Waals surface area contributed by atoms with Crippen LogP contribution < -0.4 is 5.32 Å². The van der Waals surface area contributed by atoms with Gasteiger partial charge in [0.25, 0.3) is 0 Å². The third kappa shape index (κ3) is 4.28.